The van der Waals surface area contributed by atoms with E-state index in [2.05, 4.69) is 10.3 Å². The molecule has 0 radical (unpaired) electrons. The summed E-state index contributed by atoms with van der Waals surface area (Å²) < 4.78 is 13.9. The quantitative estimate of drug-likeness (QED) is 0.431. The molecule has 3 heterocycles. The number of fused-ring (bicyclic) bond motifs is 1. The van der Waals surface area contributed by atoms with Crippen molar-refractivity contribution in [1.82, 2.24) is 14.5 Å². The number of aromatic nitrogens is 2. The number of nitrogens with zero attached hydrogens (tertiary/aromatic N) is 3. The van der Waals surface area contributed by atoms with Gasteiger partial charge in [0.25, 0.3) is 5.91 Å². The van der Waals surface area contributed by atoms with E-state index in [1.807, 2.05) is 74.9 Å². The highest BCUT2D eigenvalue weighted by molar-refractivity contribution is 6.33. The van der Waals surface area contributed by atoms with E-state index >= 15 is 0 Å². The van der Waals surface area contributed by atoms with Gasteiger partial charge in [-0.15, -0.1) is 0 Å². The van der Waals surface area contributed by atoms with Crippen LogP contribution in [0.5, 0.6) is 0 Å². The zero-order chi connectivity index (χ0) is 25.9. The average Bonchev–Trinajstić information content (AvgIpc) is 3.21. The predicted molar refractivity (Wildman–Crippen MR) is 144 cm³/mol. The lowest BCUT2D eigenvalue weighted by Crippen LogP contribution is -2.36. The van der Waals surface area contributed by atoms with E-state index in [1.165, 1.54) is 0 Å². The number of halogens is 2. The number of rotatable bonds is 5. The number of carbonyl (C=O) groups excluding carboxylic acids is 1. The van der Waals surface area contributed by atoms with Crippen LogP contribution in [-0.4, -0.2) is 51.9 Å². The van der Waals surface area contributed by atoms with Gasteiger partial charge < -0.3 is 24.3 Å². The van der Waals surface area contributed by atoms with Crippen LogP contribution >= 0.6 is 23.2 Å². The average molecular weight is 531 g/mol. The van der Waals surface area contributed by atoms with Crippen molar-refractivity contribution in [3.63, 3.8) is 0 Å². The third-order valence-electron chi connectivity index (χ3n) is 5.86. The third kappa shape index (κ3) is 6.59. The molecule has 0 spiro atoms. The predicted octanol–water partition coefficient (Wildman–Crippen LogP) is 6.10. The molecule has 1 aromatic carbocycles. The van der Waals surface area contributed by atoms with Crippen molar-refractivity contribution in [2.75, 3.05) is 25.1 Å². The Hall–Kier alpha value is -2.58. The molecule has 1 N–H and O–H groups in total. The maximum absolute atomic E-state index is 13.9. The molecular formula is C27H32Cl2N4O3. The molecule has 0 saturated carbocycles. The molecule has 7 nitrogen and oxygen atoms in total. The molecule has 0 atom stereocenters. The van der Waals surface area contributed by atoms with Crippen molar-refractivity contribution in [2.45, 2.75) is 52.6 Å². The van der Waals surface area contributed by atoms with E-state index in [9.17, 15) is 4.79 Å². The standard InChI is InChI=1S/C27H32Cl2N4O3/c1-18(2)31-25-14-22(23(29)15-30-25)20-13-24-26(34)33(16-19-6-5-7-21(28)12-19)9-11-36-27(3,4)35-10-8-32(24)17-20/h5-7,12-15,17-18H,8-11,16H2,1-4H3,(H,30,31). The van der Waals surface area contributed by atoms with Crippen molar-refractivity contribution in [3.05, 3.63) is 70.1 Å². The van der Waals surface area contributed by atoms with Gasteiger partial charge in [-0.1, -0.05) is 35.3 Å². The Morgan fingerprint density at radius 2 is 1.86 bits per heavy atom. The smallest absolute Gasteiger partial charge is 0.270 e. The number of hydrogen-bond acceptors (Lipinski definition) is 5. The van der Waals surface area contributed by atoms with Crippen molar-refractivity contribution in [2.24, 2.45) is 0 Å². The molecule has 1 amide bonds. The van der Waals surface area contributed by atoms with Gasteiger partial charge in [0.05, 0.1) is 18.2 Å². The van der Waals surface area contributed by atoms with Gasteiger partial charge in [-0.05, 0) is 57.5 Å². The molecule has 1 aliphatic heterocycles. The minimum atomic E-state index is -0.767. The van der Waals surface area contributed by atoms with Gasteiger partial charge in [0.2, 0.25) is 0 Å². The summed E-state index contributed by atoms with van der Waals surface area (Å²) in [7, 11) is 0. The lowest BCUT2D eigenvalue weighted by molar-refractivity contribution is -0.214. The fourth-order valence-electron chi connectivity index (χ4n) is 4.16. The van der Waals surface area contributed by atoms with Crippen LogP contribution in [-0.2, 0) is 22.6 Å². The molecule has 4 rings (SSSR count). The van der Waals surface area contributed by atoms with Crippen LogP contribution in [0.4, 0.5) is 5.82 Å². The zero-order valence-electron chi connectivity index (χ0n) is 21.1. The summed E-state index contributed by atoms with van der Waals surface area (Å²) in [6.07, 6.45) is 3.58. The maximum atomic E-state index is 13.9. The second-order valence-electron chi connectivity index (χ2n) is 9.61. The van der Waals surface area contributed by atoms with Crippen molar-refractivity contribution in [3.8, 4) is 11.1 Å². The number of ether oxygens (including phenoxy) is 2. The summed E-state index contributed by atoms with van der Waals surface area (Å²) in [5.74, 6) is -0.142. The van der Waals surface area contributed by atoms with Crippen molar-refractivity contribution in [1.29, 1.82) is 0 Å². The molecule has 1 aliphatic rings. The van der Waals surface area contributed by atoms with Crippen LogP contribution in [0.15, 0.2) is 48.8 Å². The number of anilines is 1. The van der Waals surface area contributed by atoms with Crippen LogP contribution in [0.2, 0.25) is 10.0 Å². The van der Waals surface area contributed by atoms with Crippen LogP contribution in [0.1, 0.15) is 43.7 Å². The molecule has 192 valence electrons. The molecular weight excluding hydrogens is 499 g/mol. The minimum Gasteiger partial charge on any atom is -0.368 e. The summed E-state index contributed by atoms with van der Waals surface area (Å²) in [6.45, 7) is 9.89. The number of carbonyl (C=O) groups is 1. The van der Waals surface area contributed by atoms with E-state index in [1.54, 1.807) is 11.1 Å². The minimum absolute atomic E-state index is 0.102. The van der Waals surface area contributed by atoms with Crippen molar-refractivity contribution >= 4 is 34.9 Å². The van der Waals surface area contributed by atoms with Crippen LogP contribution in [0.25, 0.3) is 11.1 Å². The first kappa shape index (κ1) is 26.5. The second-order valence-corrected chi connectivity index (χ2v) is 10.5. The molecule has 0 bridgehead atoms. The lowest BCUT2D eigenvalue weighted by Gasteiger charge is -2.27. The Morgan fingerprint density at radius 1 is 1.11 bits per heavy atom. The van der Waals surface area contributed by atoms with Crippen LogP contribution in [0.3, 0.4) is 0 Å². The largest absolute Gasteiger partial charge is 0.368 e. The normalized spacial score (nSPS) is 16.5. The Balaban J connectivity index is 1.72. The fraction of sp³-hybridized carbons (Fsp3) is 0.407. The second kappa shape index (κ2) is 11.2. The summed E-state index contributed by atoms with van der Waals surface area (Å²) in [4.78, 5) is 20.0. The first-order valence-corrected chi connectivity index (χ1v) is 12.8. The van der Waals surface area contributed by atoms with E-state index in [0.29, 0.717) is 48.6 Å². The number of pyridine rings is 1. The molecule has 3 aromatic rings. The highest BCUT2D eigenvalue weighted by Crippen LogP contribution is 2.32. The van der Waals surface area contributed by atoms with Crippen LogP contribution in [0, 0.1) is 0 Å². The van der Waals surface area contributed by atoms with Crippen molar-refractivity contribution < 1.29 is 14.3 Å². The monoisotopic (exact) mass is 530 g/mol. The van der Waals surface area contributed by atoms with Gasteiger partial charge in [-0.2, -0.15) is 0 Å². The van der Waals surface area contributed by atoms with Gasteiger partial charge >= 0.3 is 0 Å². The van der Waals surface area contributed by atoms with Gasteiger partial charge in [0, 0.05) is 54.2 Å². The topological polar surface area (TPSA) is 68.6 Å². The molecule has 2 aromatic heterocycles. The molecule has 36 heavy (non-hydrogen) atoms. The molecule has 0 unspecified atom stereocenters. The zero-order valence-corrected chi connectivity index (χ0v) is 22.6. The van der Waals surface area contributed by atoms with E-state index in [-0.39, 0.29) is 11.9 Å². The maximum Gasteiger partial charge on any atom is 0.270 e. The van der Waals surface area contributed by atoms with E-state index < -0.39 is 5.79 Å². The molecule has 0 saturated heterocycles. The Labute approximate surface area is 222 Å². The lowest BCUT2D eigenvalue weighted by atomic mass is 10.1. The fourth-order valence-corrected chi connectivity index (χ4v) is 4.58. The number of hydrogen-bond donors (Lipinski definition) is 1. The van der Waals surface area contributed by atoms with Gasteiger partial charge in [0.1, 0.15) is 11.5 Å². The van der Waals surface area contributed by atoms with Gasteiger partial charge in [-0.3, -0.25) is 4.79 Å². The Kier molecular flexibility index (Phi) is 8.25. The number of benzene rings is 1. The summed E-state index contributed by atoms with van der Waals surface area (Å²) in [5.41, 5.74) is 3.15. The summed E-state index contributed by atoms with van der Waals surface area (Å²) in [6, 6.07) is 11.6. The first-order valence-electron chi connectivity index (χ1n) is 12.1. The first-order chi connectivity index (χ1) is 17.1. The summed E-state index contributed by atoms with van der Waals surface area (Å²) in [5, 5.41) is 4.46. The van der Waals surface area contributed by atoms with Gasteiger partial charge in [0.15, 0.2) is 5.79 Å². The van der Waals surface area contributed by atoms with E-state index in [4.69, 9.17) is 32.7 Å². The highest BCUT2D eigenvalue weighted by Gasteiger charge is 2.26. The Morgan fingerprint density at radius 3 is 2.58 bits per heavy atom. The Bertz CT molecular complexity index is 1230. The summed E-state index contributed by atoms with van der Waals surface area (Å²) >= 11 is 12.7. The number of amides is 1. The number of nitrogens with one attached hydrogen (secondary N) is 1. The van der Waals surface area contributed by atoms with Gasteiger partial charge in [-0.25, -0.2) is 4.98 Å². The van der Waals surface area contributed by atoms with Crippen LogP contribution < -0.4 is 5.32 Å². The molecule has 0 fully saturated rings. The van der Waals surface area contributed by atoms with E-state index in [0.717, 1.165) is 22.5 Å². The molecule has 0 aliphatic carbocycles. The molecule has 9 heteroatoms. The third-order valence-corrected chi connectivity index (χ3v) is 6.40. The highest BCUT2D eigenvalue weighted by atomic mass is 35.5. The SMILES string of the molecule is CC(C)Nc1cc(-c2cc3n(c2)CCOC(C)(C)OCCN(Cc2cccc(Cl)c2)C3=O)c(Cl)cn1.